The number of allylic oxidation sites excluding steroid dienone is 7. The van der Waals surface area contributed by atoms with Gasteiger partial charge in [0.2, 0.25) is 5.91 Å². The molecule has 0 fully saturated rings. The molecule has 0 radical (unpaired) electrons. The van der Waals surface area contributed by atoms with Crippen molar-refractivity contribution >= 4 is 11.9 Å². The first-order chi connectivity index (χ1) is 45.5. The Labute approximate surface area is 576 Å². The molecule has 0 spiro atoms. The number of carbonyl (C=O) groups is 2. The Morgan fingerprint density at radius 1 is 0.304 bits per heavy atom. The van der Waals surface area contributed by atoms with Gasteiger partial charge in [-0.25, -0.2) is 0 Å². The topological polar surface area (TPSA) is 95.9 Å². The SMILES string of the molecule is CCCCCCCC/C=C\CCCCCCCCCC(=O)OCCCCCCCCCCCCCCCCC/C=C\C/C=C\CCCCCCCCCCCCCCCCCCCC(=O)NC(CO)C(O)/C=C/CCCCCCCCCCCCCCCCCCC. The molecule has 0 saturated heterocycles. The molecular formula is C86H163NO5. The lowest BCUT2D eigenvalue weighted by atomic mass is 10.0. The minimum atomic E-state index is -0.844. The molecular weight excluding hydrogens is 1130 g/mol. The molecule has 6 nitrogen and oxygen atoms in total. The molecule has 2 unspecified atom stereocenters. The van der Waals surface area contributed by atoms with Crippen molar-refractivity contribution in [1.29, 1.82) is 0 Å². The molecule has 0 rings (SSSR count). The number of aliphatic hydroxyl groups is 2. The summed E-state index contributed by atoms with van der Waals surface area (Å²) in [5.74, 6) is -0.0435. The zero-order valence-corrected chi connectivity index (χ0v) is 62.3. The maximum atomic E-state index is 12.5. The van der Waals surface area contributed by atoms with E-state index in [1.165, 1.54) is 385 Å². The van der Waals surface area contributed by atoms with E-state index < -0.39 is 12.1 Å². The molecule has 542 valence electrons. The molecule has 0 aliphatic heterocycles. The maximum absolute atomic E-state index is 12.5. The number of amides is 1. The van der Waals surface area contributed by atoms with E-state index in [2.05, 4.69) is 55.6 Å². The predicted octanol–water partition coefficient (Wildman–Crippen LogP) is 27.9. The van der Waals surface area contributed by atoms with Crippen molar-refractivity contribution < 1.29 is 24.5 Å². The summed E-state index contributed by atoms with van der Waals surface area (Å²) in [6, 6.07) is -0.627. The molecule has 0 bridgehead atoms. The number of unbranched alkanes of at least 4 members (excludes halogenated alkanes) is 62. The lowest BCUT2D eigenvalue weighted by molar-refractivity contribution is -0.143. The Kier molecular flexibility index (Phi) is 79.3. The van der Waals surface area contributed by atoms with Gasteiger partial charge in [-0.05, 0) is 89.9 Å². The molecule has 0 aromatic rings. The summed E-state index contributed by atoms with van der Waals surface area (Å²) in [5, 5.41) is 23.3. The Balaban J connectivity index is 3.37. The van der Waals surface area contributed by atoms with Crippen molar-refractivity contribution in [2.75, 3.05) is 13.2 Å². The normalized spacial score (nSPS) is 12.7. The first-order valence-corrected chi connectivity index (χ1v) is 41.9. The molecule has 92 heavy (non-hydrogen) atoms. The predicted molar refractivity (Wildman–Crippen MR) is 407 cm³/mol. The van der Waals surface area contributed by atoms with Crippen LogP contribution in [0.15, 0.2) is 48.6 Å². The van der Waals surface area contributed by atoms with E-state index in [0.717, 1.165) is 51.4 Å². The van der Waals surface area contributed by atoms with E-state index in [9.17, 15) is 19.8 Å². The Morgan fingerprint density at radius 2 is 0.543 bits per heavy atom. The summed E-state index contributed by atoms with van der Waals surface area (Å²) in [6.45, 7) is 4.95. The third-order valence-electron chi connectivity index (χ3n) is 19.6. The zero-order chi connectivity index (χ0) is 66.3. The van der Waals surface area contributed by atoms with Crippen molar-refractivity contribution in [3.8, 4) is 0 Å². The molecule has 0 aromatic carbocycles. The number of ether oxygens (including phenoxy) is 1. The fourth-order valence-corrected chi connectivity index (χ4v) is 13.2. The summed E-state index contributed by atoms with van der Waals surface area (Å²) in [5.41, 5.74) is 0. The fraction of sp³-hybridized carbons (Fsp3) is 0.884. The fourth-order valence-electron chi connectivity index (χ4n) is 13.2. The van der Waals surface area contributed by atoms with E-state index in [0.29, 0.717) is 19.4 Å². The van der Waals surface area contributed by atoms with Crippen LogP contribution >= 0.6 is 0 Å². The van der Waals surface area contributed by atoms with Crippen LogP contribution in [0.5, 0.6) is 0 Å². The van der Waals surface area contributed by atoms with Crippen LogP contribution in [0, 0.1) is 0 Å². The molecule has 3 N–H and O–H groups in total. The molecule has 0 heterocycles. The van der Waals surface area contributed by atoms with Gasteiger partial charge < -0.3 is 20.3 Å². The van der Waals surface area contributed by atoms with Crippen LogP contribution in [0.25, 0.3) is 0 Å². The molecule has 0 aliphatic carbocycles. The van der Waals surface area contributed by atoms with Gasteiger partial charge in [-0.2, -0.15) is 0 Å². The standard InChI is InChI=1S/C86H163NO5/c1-3-5-7-9-11-13-15-17-19-21-43-47-50-54-58-62-66-70-74-78-84(89)83(82-88)87-85(90)79-75-71-67-63-59-55-51-48-44-41-39-37-35-33-31-29-27-25-23-22-24-26-28-30-32-34-36-38-40-42-45-49-53-57-61-65-69-73-77-81-92-86(91)80-76-72-68-64-60-56-52-46-20-18-16-14-12-10-8-6-4-2/h18,20,22-23,26,28,74,78,83-84,88-89H,3-17,19,21,24-25,27,29-73,75-77,79-82H2,1-2H3,(H,87,90)/b20-18-,23-22-,28-26-,78-74+. The van der Waals surface area contributed by atoms with Crippen LogP contribution < -0.4 is 5.32 Å². The Hall–Kier alpha value is -2.18. The summed E-state index contributed by atoms with van der Waals surface area (Å²) in [7, 11) is 0. The van der Waals surface area contributed by atoms with Gasteiger partial charge in [0, 0.05) is 12.8 Å². The summed E-state index contributed by atoms with van der Waals surface area (Å²) >= 11 is 0. The third-order valence-corrected chi connectivity index (χ3v) is 19.6. The van der Waals surface area contributed by atoms with Crippen molar-refractivity contribution in [2.24, 2.45) is 0 Å². The Bertz CT molecular complexity index is 1540. The van der Waals surface area contributed by atoms with Crippen LogP contribution in [-0.4, -0.2) is 47.4 Å². The number of aliphatic hydroxyl groups excluding tert-OH is 2. The van der Waals surface area contributed by atoms with Crippen LogP contribution in [0.3, 0.4) is 0 Å². The largest absolute Gasteiger partial charge is 0.466 e. The lowest BCUT2D eigenvalue weighted by Crippen LogP contribution is -2.45. The minimum Gasteiger partial charge on any atom is -0.466 e. The maximum Gasteiger partial charge on any atom is 0.305 e. The van der Waals surface area contributed by atoms with Crippen LogP contribution in [0.4, 0.5) is 0 Å². The summed E-state index contributed by atoms with van der Waals surface area (Å²) in [4.78, 5) is 24.6. The van der Waals surface area contributed by atoms with Crippen molar-refractivity contribution in [2.45, 2.75) is 475 Å². The first-order valence-electron chi connectivity index (χ1n) is 41.9. The number of hydrogen-bond acceptors (Lipinski definition) is 5. The minimum absolute atomic E-state index is 0.0174. The van der Waals surface area contributed by atoms with Crippen molar-refractivity contribution in [3.63, 3.8) is 0 Å². The smallest absolute Gasteiger partial charge is 0.305 e. The number of rotatable bonds is 79. The molecule has 0 aliphatic rings. The number of hydrogen-bond donors (Lipinski definition) is 3. The quantitative estimate of drug-likeness (QED) is 0.0320. The lowest BCUT2D eigenvalue weighted by Gasteiger charge is -2.20. The van der Waals surface area contributed by atoms with Gasteiger partial charge in [0.05, 0.1) is 25.4 Å². The van der Waals surface area contributed by atoms with Crippen LogP contribution in [-0.2, 0) is 14.3 Å². The third kappa shape index (κ3) is 76.8. The van der Waals surface area contributed by atoms with Gasteiger partial charge in [0.25, 0.3) is 0 Å². The highest BCUT2D eigenvalue weighted by molar-refractivity contribution is 5.76. The Morgan fingerprint density at radius 3 is 0.837 bits per heavy atom. The van der Waals surface area contributed by atoms with E-state index >= 15 is 0 Å². The van der Waals surface area contributed by atoms with Gasteiger partial charge in [0.15, 0.2) is 0 Å². The van der Waals surface area contributed by atoms with Crippen LogP contribution in [0.2, 0.25) is 0 Å². The zero-order valence-electron chi connectivity index (χ0n) is 62.3. The molecule has 0 saturated carbocycles. The molecule has 1 amide bonds. The highest BCUT2D eigenvalue weighted by Crippen LogP contribution is 2.20. The van der Waals surface area contributed by atoms with Crippen LogP contribution in [0.1, 0.15) is 463 Å². The van der Waals surface area contributed by atoms with Gasteiger partial charge in [0.1, 0.15) is 0 Å². The summed E-state index contributed by atoms with van der Waals surface area (Å²) in [6.07, 6.45) is 108. The second kappa shape index (κ2) is 81.2. The van der Waals surface area contributed by atoms with Crippen molar-refractivity contribution in [3.05, 3.63) is 48.6 Å². The van der Waals surface area contributed by atoms with Crippen molar-refractivity contribution in [1.82, 2.24) is 5.32 Å². The van der Waals surface area contributed by atoms with Gasteiger partial charge >= 0.3 is 5.97 Å². The molecule has 0 aromatic heterocycles. The number of carbonyl (C=O) groups excluding carboxylic acids is 2. The van der Waals surface area contributed by atoms with Gasteiger partial charge in [-0.15, -0.1) is 0 Å². The average Bonchev–Trinajstić information content (AvgIpc) is 3.56. The van der Waals surface area contributed by atoms with E-state index in [1.807, 2.05) is 6.08 Å². The summed E-state index contributed by atoms with van der Waals surface area (Å²) < 4.78 is 5.51. The number of esters is 1. The average molecular weight is 1290 g/mol. The number of nitrogens with one attached hydrogen (secondary N) is 1. The van der Waals surface area contributed by atoms with E-state index in [-0.39, 0.29) is 18.5 Å². The highest BCUT2D eigenvalue weighted by Gasteiger charge is 2.18. The molecule has 2 atom stereocenters. The van der Waals surface area contributed by atoms with E-state index in [4.69, 9.17) is 4.74 Å². The van der Waals surface area contributed by atoms with E-state index in [1.54, 1.807) is 6.08 Å². The molecule has 6 heteroatoms. The van der Waals surface area contributed by atoms with Gasteiger partial charge in [-0.3, -0.25) is 9.59 Å². The monoisotopic (exact) mass is 1290 g/mol. The highest BCUT2D eigenvalue weighted by atomic mass is 16.5. The van der Waals surface area contributed by atoms with Gasteiger partial charge in [-0.1, -0.05) is 409 Å². The first kappa shape index (κ1) is 89.8. The second-order valence-corrected chi connectivity index (χ2v) is 28.8. The second-order valence-electron chi connectivity index (χ2n) is 28.8.